The van der Waals surface area contributed by atoms with Crippen molar-refractivity contribution in [1.82, 2.24) is 10.2 Å². The predicted molar refractivity (Wildman–Crippen MR) is 89.2 cm³/mol. The summed E-state index contributed by atoms with van der Waals surface area (Å²) in [6.45, 7) is 1.02. The zero-order valence-electron chi connectivity index (χ0n) is 14.4. The molecule has 0 atom stereocenters. The first-order valence-corrected chi connectivity index (χ1v) is 8.21. The summed E-state index contributed by atoms with van der Waals surface area (Å²) in [6, 6.07) is 2.99. The fourth-order valence-corrected chi connectivity index (χ4v) is 2.71. The molecule has 1 heterocycles. The number of hydrogen-bond donors (Lipinski definition) is 2. The molecular weight excluding hydrogens is 348 g/mol. The zero-order valence-corrected chi connectivity index (χ0v) is 14.4. The van der Waals surface area contributed by atoms with Gasteiger partial charge in [0.05, 0.1) is 26.1 Å². The van der Waals surface area contributed by atoms with Crippen molar-refractivity contribution in [3.8, 4) is 0 Å². The van der Waals surface area contributed by atoms with Crippen LogP contribution in [0.2, 0.25) is 0 Å². The van der Waals surface area contributed by atoms with Crippen LogP contribution in [0, 0.1) is 17.6 Å². The predicted octanol–water partition coefficient (Wildman–Crippen LogP) is 0.904. The first-order chi connectivity index (χ1) is 12.4. The number of piperidine rings is 1. The van der Waals surface area contributed by atoms with Gasteiger partial charge in [-0.1, -0.05) is 0 Å². The molecule has 1 aromatic rings. The molecule has 2 N–H and O–H groups in total. The molecule has 0 saturated carbocycles. The second-order valence-electron chi connectivity index (χ2n) is 6.03. The Kier molecular flexibility index (Phi) is 7.02. The van der Waals surface area contributed by atoms with Crippen molar-refractivity contribution in [3.63, 3.8) is 0 Å². The van der Waals surface area contributed by atoms with Crippen LogP contribution in [0.25, 0.3) is 0 Å². The molecule has 1 aliphatic heterocycles. The molecule has 1 fully saturated rings. The average molecular weight is 369 g/mol. The normalized spacial score (nSPS) is 15.3. The van der Waals surface area contributed by atoms with Crippen LogP contribution >= 0.6 is 0 Å². The molecule has 2 rings (SSSR count). The third-order valence-corrected chi connectivity index (χ3v) is 4.14. The van der Waals surface area contributed by atoms with Crippen LogP contribution in [-0.2, 0) is 19.1 Å². The van der Waals surface area contributed by atoms with Gasteiger partial charge in [-0.3, -0.25) is 19.3 Å². The highest BCUT2D eigenvalue weighted by molar-refractivity contribution is 5.94. The number of halogens is 2. The lowest BCUT2D eigenvalue weighted by molar-refractivity contribution is -0.147. The third-order valence-electron chi connectivity index (χ3n) is 4.14. The molecule has 0 aromatic heterocycles. The van der Waals surface area contributed by atoms with Crippen molar-refractivity contribution in [3.05, 3.63) is 29.8 Å². The molecule has 142 valence electrons. The van der Waals surface area contributed by atoms with Gasteiger partial charge in [0.1, 0.15) is 0 Å². The van der Waals surface area contributed by atoms with Crippen molar-refractivity contribution in [1.29, 1.82) is 0 Å². The van der Waals surface area contributed by atoms with E-state index in [-0.39, 0.29) is 36.6 Å². The molecule has 1 saturated heterocycles. The number of nitrogens with zero attached hydrogens (tertiary/aromatic N) is 1. The van der Waals surface area contributed by atoms with Crippen molar-refractivity contribution < 1.29 is 27.9 Å². The molecule has 0 aliphatic carbocycles. The largest absolute Gasteiger partial charge is 0.469 e. The summed E-state index contributed by atoms with van der Waals surface area (Å²) in [5, 5.41) is 4.84. The van der Waals surface area contributed by atoms with Gasteiger partial charge in [-0.2, -0.15) is 0 Å². The Labute approximate surface area is 149 Å². The maximum Gasteiger partial charge on any atom is 0.308 e. The van der Waals surface area contributed by atoms with Gasteiger partial charge in [0.2, 0.25) is 11.8 Å². The zero-order chi connectivity index (χ0) is 19.1. The Morgan fingerprint density at radius 3 is 2.46 bits per heavy atom. The van der Waals surface area contributed by atoms with Crippen LogP contribution in [0.4, 0.5) is 14.5 Å². The first-order valence-electron chi connectivity index (χ1n) is 8.21. The minimum Gasteiger partial charge on any atom is -0.469 e. The summed E-state index contributed by atoms with van der Waals surface area (Å²) >= 11 is 0. The highest BCUT2D eigenvalue weighted by atomic mass is 19.2. The Bertz CT molecular complexity index is 676. The van der Waals surface area contributed by atoms with E-state index in [1.54, 1.807) is 0 Å². The number of anilines is 1. The van der Waals surface area contributed by atoms with Gasteiger partial charge >= 0.3 is 5.97 Å². The number of methoxy groups -OCH3 is 1. The molecule has 7 nitrogen and oxygen atoms in total. The Balaban J connectivity index is 1.69. The van der Waals surface area contributed by atoms with E-state index in [0.29, 0.717) is 25.9 Å². The Hall–Kier alpha value is -2.55. The third kappa shape index (κ3) is 5.76. The van der Waals surface area contributed by atoms with Crippen molar-refractivity contribution >= 4 is 23.5 Å². The maximum absolute atomic E-state index is 13.1. The van der Waals surface area contributed by atoms with E-state index in [4.69, 9.17) is 4.74 Å². The number of hydrogen-bond acceptors (Lipinski definition) is 5. The number of amides is 2. The molecule has 0 spiro atoms. The summed E-state index contributed by atoms with van der Waals surface area (Å²) in [4.78, 5) is 37.0. The van der Waals surface area contributed by atoms with E-state index >= 15 is 0 Å². The van der Waals surface area contributed by atoms with Gasteiger partial charge in [-0.15, -0.1) is 0 Å². The van der Waals surface area contributed by atoms with Gasteiger partial charge in [-0.05, 0) is 38.1 Å². The second-order valence-corrected chi connectivity index (χ2v) is 6.03. The Morgan fingerprint density at radius 2 is 1.85 bits per heavy atom. The van der Waals surface area contributed by atoms with Gasteiger partial charge < -0.3 is 15.4 Å². The number of nitrogens with one attached hydrogen (secondary N) is 2. The van der Waals surface area contributed by atoms with Crippen molar-refractivity contribution in [2.45, 2.75) is 12.8 Å². The topological polar surface area (TPSA) is 87.7 Å². The number of carbonyl (C=O) groups excluding carboxylic acids is 3. The summed E-state index contributed by atoms with van der Waals surface area (Å²) in [7, 11) is 1.35. The number of likely N-dealkylation sites (tertiary alicyclic amines) is 1. The minimum absolute atomic E-state index is 0.105. The van der Waals surface area contributed by atoms with Crippen LogP contribution in [-0.4, -0.2) is 56.0 Å². The summed E-state index contributed by atoms with van der Waals surface area (Å²) in [5.74, 6) is -3.32. The number of benzene rings is 1. The van der Waals surface area contributed by atoms with Gasteiger partial charge in [-0.25, -0.2) is 8.78 Å². The second kappa shape index (κ2) is 9.23. The standard InChI is InChI=1S/C17H21F2N3O4/c1-26-17(25)11-4-6-22(7-5-11)10-16(24)20-9-15(23)21-12-2-3-13(18)14(19)8-12/h2-3,8,11H,4-7,9-10H2,1H3,(H,20,24)(H,21,23). The fourth-order valence-electron chi connectivity index (χ4n) is 2.71. The highest BCUT2D eigenvalue weighted by Crippen LogP contribution is 2.18. The summed E-state index contributed by atoms with van der Waals surface area (Å²) in [6.07, 6.45) is 1.24. The number of rotatable bonds is 6. The molecule has 2 amide bonds. The van der Waals surface area contributed by atoms with Crippen LogP contribution < -0.4 is 10.6 Å². The van der Waals surface area contributed by atoms with Gasteiger partial charge in [0, 0.05) is 11.8 Å². The molecule has 26 heavy (non-hydrogen) atoms. The number of ether oxygens (including phenoxy) is 1. The van der Waals surface area contributed by atoms with Gasteiger partial charge in [0.25, 0.3) is 0 Å². The molecule has 9 heteroatoms. The number of carbonyl (C=O) groups is 3. The monoisotopic (exact) mass is 369 g/mol. The fraction of sp³-hybridized carbons (Fsp3) is 0.471. The minimum atomic E-state index is -1.07. The van der Waals surface area contributed by atoms with Crippen LogP contribution in [0.5, 0.6) is 0 Å². The van der Waals surface area contributed by atoms with E-state index in [1.165, 1.54) is 13.2 Å². The number of esters is 1. The van der Waals surface area contributed by atoms with Crippen LogP contribution in [0.3, 0.4) is 0 Å². The molecule has 0 radical (unpaired) electrons. The Morgan fingerprint density at radius 1 is 1.15 bits per heavy atom. The van der Waals surface area contributed by atoms with E-state index in [9.17, 15) is 23.2 Å². The van der Waals surface area contributed by atoms with E-state index in [2.05, 4.69) is 10.6 Å². The quantitative estimate of drug-likeness (QED) is 0.728. The van der Waals surface area contributed by atoms with Crippen LogP contribution in [0.1, 0.15) is 12.8 Å². The van der Waals surface area contributed by atoms with E-state index in [0.717, 1.165) is 12.1 Å². The van der Waals surface area contributed by atoms with Crippen molar-refractivity contribution in [2.75, 3.05) is 38.6 Å². The van der Waals surface area contributed by atoms with Gasteiger partial charge in [0.15, 0.2) is 11.6 Å². The lowest BCUT2D eigenvalue weighted by Crippen LogP contribution is -2.44. The first kappa shape index (κ1) is 19.8. The molecule has 1 aromatic carbocycles. The smallest absolute Gasteiger partial charge is 0.308 e. The summed E-state index contributed by atoms with van der Waals surface area (Å²) < 4.78 is 30.6. The summed E-state index contributed by atoms with van der Waals surface area (Å²) in [5.41, 5.74) is 0.105. The molecular formula is C17H21F2N3O4. The molecule has 0 unspecified atom stereocenters. The average Bonchev–Trinajstić information content (AvgIpc) is 2.63. The lowest BCUT2D eigenvalue weighted by atomic mass is 9.97. The lowest BCUT2D eigenvalue weighted by Gasteiger charge is -2.29. The van der Waals surface area contributed by atoms with Crippen molar-refractivity contribution in [2.24, 2.45) is 5.92 Å². The maximum atomic E-state index is 13.1. The highest BCUT2D eigenvalue weighted by Gasteiger charge is 2.26. The molecule has 0 bridgehead atoms. The van der Waals surface area contributed by atoms with E-state index < -0.39 is 17.5 Å². The van der Waals surface area contributed by atoms with Crippen LogP contribution in [0.15, 0.2) is 18.2 Å². The SMILES string of the molecule is COC(=O)C1CCN(CC(=O)NCC(=O)Nc2ccc(F)c(F)c2)CC1. The van der Waals surface area contributed by atoms with E-state index in [1.807, 2.05) is 4.90 Å². The molecule has 1 aliphatic rings.